The van der Waals surface area contributed by atoms with Gasteiger partial charge >= 0.3 is 5.91 Å². The van der Waals surface area contributed by atoms with Gasteiger partial charge in [-0.2, -0.15) is 0 Å². The molecule has 1 amide bonds. The molecule has 1 saturated heterocycles. The largest absolute Gasteiger partial charge is 0.507 e. The molecule has 1 aromatic heterocycles. The Labute approximate surface area is 250 Å². The van der Waals surface area contributed by atoms with Gasteiger partial charge in [0.1, 0.15) is 5.76 Å². The summed E-state index contributed by atoms with van der Waals surface area (Å²) in [5.41, 5.74) is 4.97. The number of aliphatic hydroxyl groups is 1. The van der Waals surface area contributed by atoms with E-state index in [4.69, 9.17) is 23.2 Å². The molecular weight excluding hydrogens is 585 g/mol. The maximum absolute atomic E-state index is 13.5. The summed E-state index contributed by atoms with van der Waals surface area (Å²) in [5, 5.41) is 21.4. The number of Topliss-reactive ketones (excluding diaryl/α,β-unsaturated/α-hetero) is 1. The quantitative estimate of drug-likeness (QED) is 0.0752. The van der Waals surface area contributed by atoms with Crippen molar-refractivity contribution in [3.8, 4) is 0 Å². The number of carbonyl (C=O) groups excluding carboxylic acids is 2. The lowest BCUT2D eigenvalue weighted by Crippen LogP contribution is -2.29. The highest BCUT2D eigenvalue weighted by Gasteiger charge is 2.48. The summed E-state index contributed by atoms with van der Waals surface area (Å²) in [7, 11) is 0. The van der Waals surface area contributed by atoms with E-state index in [9.17, 15) is 14.7 Å². The second-order valence-electron chi connectivity index (χ2n) is 9.46. The Balaban J connectivity index is 1.56. The van der Waals surface area contributed by atoms with Crippen molar-refractivity contribution < 1.29 is 14.7 Å². The first-order chi connectivity index (χ1) is 19.2. The standard InChI is InChI=1S/C30H25Cl2N3O3S2/c1-4-18-7-9-19(10-8-18)25-24(26(36)22-13-16(2)5-6-17(22)3)27(37)28(38)35(25)29-33-34-30(40-29)39-15-20-11-12-21(31)14-23(20)32/h5-14,25,36H,4,15H2,1-3H3. The molecule has 40 heavy (non-hydrogen) atoms. The van der Waals surface area contributed by atoms with Gasteiger partial charge in [0.25, 0.3) is 5.78 Å². The molecule has 204 valence electrons. The number of carbonyl (C=O) groups is 2. The Morgan fingerprint density at radius 1 is 1.02 bits per heavy atom. The number of benzene rings is 3. The highest BCUT2D eigenvalue weighted by atomic mass is 35.5. The molecule has 1 fully saturated rings. The van der Waals surface area contributed by atoms with Crippen LogP contribution in [-0.4, -0.2) is 27.0 Å². The summed E-state index contributed by atoms with van der Waals surface area (Å²) in [6.07, 6.45) is 0.845. The van der Waals surface area contributed by atoms with Crippen LogP contribution in [0.15, 0.2) is 70.6 Å². The Morgan fingerprint density at radius 3 is 2.48 bits per heavy atom. The van der Waals surface area contributed by atoms with Gasteiger partial charge < -0.3 is 5.11 Å². The fourth-order valence-electron chi connectivity index (χ4n) is 4.55. The van der Waals surface area contributed by atoms with E-state index < -0.39 is 17.7 Å². The third-order valence-electron chi connectivity index (χ3n) is 6.76. The van der Waals surface area contributed by atoms with Gasteiger partial charge in [-0.1, -0.05) is 101 Å². The highest BCUT2D eigenvalue weighted by molar-refractivity contribution is 8.00. The molecule has 1 unspecified atom stereocenters. The number of anilines is 1. The van der Waals surface area contributed by atoms with E-state index in [2.05, 4.69) is 17.1 Å². The predicted molar refractivity (Wildman–Crippen MR) is 162 cm³/mol. The maximum atomic E-state index is 13.5. The zero-order chi connectivity index (χ0) is 28.6. The fourth-order valence-corrected chi connectivity index (χ4v) is 6.98. The van der Waals surface area contributed by atoms with Gasteiger partial charge in [0.15, 0.2) is 4.34 Å². The molecule has 4 aromatic rings. The van der Waals surface area contributed by atoms with Crippen molar-refractivity contribution in [3.05, 3.63) is 110 Å². The van der Waals surface area contributed by atoms with Gasteiger partial charge in [-0.3, -0.25) is 14.5 Å². The first-order valence-electron chi connectivity index (χ1n) is 12.6. The summed E-state index contributed by atoms with van der Waals surface area (Å²) in [6, 6.07) is 17.8. The number of thioether (sulfide) groups is 1. The van der Waals surface area contributed by atoms with E-state index in [1.165, 1.54) is 28.0 Å². The minimum absolute atomic E-state index is 0.0281. The molecular formula is C30H25Cl2N3O3S2. The third kappa shape index (κ3) is 5.54. The smallest absolute Gasteiger partial charge is 0.301 e. The van der Waals surface area contributed by atoms with Crippen LogP contribution in [0.25, 0.3) is 5.76 Å². The van der Waals surface area contributed by atoms with Crippen LogP contribution in [0.4, 0.5) is 5.13 Å². The molecule has 1 N–H and O–H groups in total. The van der Waals surface area contributed by atoms with E-state index in [-0.39, 0.29) is 16.5 Å². The zero-order valence-electron chi connectivity index (χ0n) is 21.9. The summed E-state index contributed by atoms with van der Waals surface area (Å²) in [6.45, 7) is 5.82. The van der Waals surface area contributed by atoms with Crippen LogP contribution >= 0.6 is 46.3 Å². The van der Waals surface area contributed by atoms with Crippen LogP contribution in [0.1, 0.15) is 46.3 Å². The van der Waals surface area contributed by atoms with Gasteiger partial charge in [0.2, 0.25) is 5.13 Å². The molecule has 1 aliphatic heterocycles. The van der Waals surface area contributed by atoms with E-state index in [0.29, 0.717) is 31.3 Å². The second kappa shape index (κ2) is 11.7. The number of nitrogens with zero attached hydrogens (tertiary/aromatic N) is 3. The minimum Gasteiger partial charge on any atom is -0.507 e. The molecule has 6 nitrogen and oxygen atoms in total. The molecule has 0 saturated carbocycles. The van der Waals surface area contributed by atoms with E-state index in [1.807, 2.05) is 62.4 Å². The Bertz CT molecular complexity index is 1650. The number of aromatic nitrogens is 2. The number of amides is 1. The van der Waals surface area contributed by atoms with Crippen LogP contribution in [0.3, 0.4) is 0 Å². The molecule has 5 rings (SSSR count). The zero-order valence-corrected chi connectivity index (χ0v) is 25.1. The third-order valence-corrected chi connectivity index (χ3v) is 9.46. The Hall–Kier alpha value is -3.17. The van der Waals surface area contributed by atoms with Crippen LogP contribution in [0.2, 0.25) is 10.0 Å². The number of aliphatic hydroxyl groups excluding tert-OH is 1. The molecule has 2 heterocycles. The maximum Gasteiger partial charge on any atom is 0.301 e. The van der Waals surface area contributed by atoms with E-state index in [1.54, 1.807) is 12.1 Å². The van der Waals surface area contributed by atoms with Crippen molar-refractivity contribution in [3.63, 3.8) is 0 Å². The molecule has 0 aliphatic carbocycles. The molecule has 3 aromatic carbocycles. The minimum atomic E-state index is -0.859. The second-order valence-corrected chi connectivity index (χ2v) is 12.5. The van der Waals surface area contributed by atoms with Crippen molar-refractivity contribution in [1.82, 2.24) is 10.2 Å². The highest BCUT2D eigenvalue weighted by Crippen LogP contribution is 2.44. The van der Waals surface area contributed by atoms with Gasteiger partial charge in [-0.25, -0.2) is 0 Å². The van der Waals surface area contributed by atoms with Crippen LogP contribution in [0, 0.1) is 13.8 Å². The Morgan fingerprint density at radius 2 is 1.77 bits per heavy atom. The average Bonchev–Trinajstić information content (AvgIpc) is 3.51. The lowest BCUT2D eigenvalue weighted by atomic mass is 9.93. The SMILES string of the molecule is CCc1ccc(C2C(=C(O)c3cc(C)ccc3C)C(=O)C(=O)N2c2nnc(SCc3ccc(Cl)cc3Cl)s2)cc1. The molecule has 0 bridgehead atoms. The van der Waals surface area contributed by atoms with E-state index >= 15 is 0 Å². The van der Waals surface area contributed by atoms with Crippen molar-refractivity contribution in [2.75, 3.05) is 4.90 Å². The number of halogens is 2. The lowest BCUT2D eigenvalue weighted by molar-refractivity contribution is -0.132. The molecule has 1 atom stereocenters. The monoisotopic (exact) mass is 609 g/mol. The van der Waals surface area contributed by atoms with Gasteiger partial charge in [-0.05, 0) is 60.7 Å². The van der Waals surface area contributed by atoms with Gasteiger partial charge in [-0.15, -0.1) is 10.2 Å². The van der Waals surface area contributed by atoms with E-state index in [0.717, 1.165) is 28.7 Å². The van der Waals surface area contributed by atoms with Crippen LogP contribution < -0.4 is 4.90 Å². The molecule has 1 aliphatic rings. The lowest BCUT2D eigenvalue weighted by Gasteiger charge is -2.23. The first kappa shape index (κ1) is 28.4. The predicted octanol–water partition coefficient (Wildman–Crippen LogP) is 7.94. The number of rotatable bonds is 7. The fraction of sp³-hybridized carbons (Fsp3) is 0.200. The number of aryl methyl sites for hydroxylation is 3. The van der Waals surface area contributed by atoms with Gasteiger partial charge in [0, 0.05) is 21.4 Å². The normalized spacial score (nSPS) is 16.6. The topological polar surface area (TPSA) is 83.4 Å². The summed E-state index contributed by atoms with van der Waals surface area (Å²) < 4.78 is 0.609. The Kier molecular flexibility index (Phi) is 8.33. The van der Waals surface area contributed by atoms with Crippen LogP contribution in [0.5, 0.6) is 0 Å². The average molecular weight is 611 g/mol. The first-order valence-corrected chi connectivity index (χ1v) is 15.1. The molecule has 0 radical (unpaired) electrons. The van der Waals surface area contributed by atoms with Crippen molar-refractivity contribution in [2.24, 2.45) is 0 Å². The number of hydrogen-bond acceptors (Lipinski definition) is 7. The van der Waals surface area contributed by atoms with Gasteiger partial charge in [0.05, 0.1) is 11.6 Å². The molecule has 10 heteroatoms. The number of hydrogen-bond donors (Lipinski definition) is 1. The van der Waals surface area contributed by atoms with Crippen molar-refractivity contribution in [1.29, 1.82) is 0 Å². The van der Waals surface area contributed by atoms with Crippen molar-refractivity contribution >= 4 is 68.9 Å². The summed E-state index contributed by atoms with van der Waals surface area (Å²) in [5.74, 6) is -1.20. The summed E-state index contributed by atoms with van der Waals surface area (Å²) >= 11 is 14.9. The summed E-state index contributed by atoms with van der Waals surface area (Å²) in [4.78, 5) is 28.4. The van der Waals surface area contributed by atoms with Crippen molar-refractivity contribution in [2.45, 2.75) is 43.3 Å². The number of ketones is 1. The molecule has 0 spiro atoms. The van der Waals surface area contributed by atoms with Crippen LogP contribution in [-0.2, 0) is 21.8 Å².